The summed E-state index contributed by atoms with van der Waals surface area (Å²) in [5.41, 5.74) is 1.28. The molecule has 0 aliphatic carbocycles. The number of halogens is 5. The van der Waals surface area contributed by atoms with Gasteiger partial charge in [-0.15, -0.1) is 5.10 Å². The van der Waals surface area contributed by atoms with Gasteiger partial charge in [0.1, 0.15) is 0 Å². The maximum Gasteiger partial charge on any atom is 0.297 e. The number of thioether (sulfide) groups is 1. The molecule has 0 spiro atoms. The van der Waals surface area contributed by atoms with Crippen molar-refractivity contribution < 1.29 is 36.4 Å². The molecule has 2 amide bonds. The van der Waals surface area contributed by atoms with Crippen LogP contribution >= 0.6 is 11.8 Å². The maximum atomic E-state index is 14.2. The summed E-state index contributed by atoms with van der Waals surface area (Å²) in [6, 6.07) is 6.34. The fraction of sp³-hybridized carbons (Fsp3) is 0.238. The molecule has 35 heavy (non-hydrogen) atoms. The first kappa shape index (κ1) is 26.1. The number of alkyl halides is 1. The van der Waals surface area contributed by atoms with Crippen LogP contribution in [0, 0.1) is 23.3 Å². The van der Waals surface area contributed by atoms with Crippen molar-refractivity contribution in [1.82, 2.24) is 25.8 Å². The van der Waals surface area contributed by atoms with E-state index in [0.29, 0.717) is 17.8 Å². The number of hydrogen-bond donors (Lipinski definition) is 2. The van der Waals surface area contributed by atoms with Crippen molar-refractivity contribution in [3.8, 4) is 5.69 Å². The Morgan fingerprint density at radius 1 is 1.09 bits per heavy atom. The van der Waals surface area contributed by atoms with Crippen LogP contribution in [-0.2, 0) is 10.6 Å². The van der Waals surface area contributed by atoms with Crippen molar-refractivity contribution in [2.75, 3.05) is 12.8 Å². The monoisotopic (exact) mass is 515 g/mol. The summed E-state index contributed by atoms with van der Waals surface area (Å²) in [5, 5.41) is 10.3. The Balaban J connectivity index is 1.79. The van der Waals surface area contributed by atoms with E-state index in [1.807, 2.05) is 0 Å². The van der Waals surface area contributed by atoms with Crippen LogP contribution in [0.3, 0.4) is 0 Å². The van der Waals surface area contributed by atoms with Crippen LogP contribution in [-0.4, -0.2) is 39.6 Å². The molecule has 2 aromatic carbocycles. The molecule has 0 bridgehead atoms. The van der Waals surface area contributed by atoms with Gasteiger partial charge in [-0.1, -0.05) is 5.21 Å². The molecule has 1 unspecified atom stereocenters. The average Bonchev–Trinajstić information content (AvgIpc) is 3.27. The van der Waals surface area contributed by atoms with Crippen LogP contribution in [0.4, 0.5) is 22.0 Å². The van der Waals surface area contributed by atoms with E-state index < -0.39 is 41.1 Å². The summed E-state index contributed by atoms with van der Waals surface area (Å²) in [6.07, 6.45) is -1.12. The first-order chi connectivity index (χ1) is 16.7. The third-order valence-corrected chi connectivity index (χ3v) is 5.16. The molecule has 1 aromatic heterocycles. The highest BCUT2D eigenvalue weighted by molar-refractivity contribution is 7.97. The Labute approximate surface area is 199 Å². The number of benzene rings is 2. The lowest BCUT2D eigenvalue weighted by Gasteiger charge is -2.12. The predicted molar refractivity (Wildman–Crippen MR) is 115 cm³/mol. The Morgan fingerprint density at radius 3 is 2.40 bits per heavy atom. The molecule has 0 saturated heterocycles. The Hall–Kier alpha value is -3.52. The summed E-state index contributed by atoms with van der Waals surface area (Å²) in [5.74, 6) is -9.28. The fourth-order valence-electron chi connectivity index (χ4n) is 2.94. The topological polar surface area (TPSA) is 98.1 Å². The number of rotatable bonds is 9. The Kier molecular flexibility index (Phi) is 8.40. The zero-order chi connectivity index (χ0) is 25.7. The van der Waals surface area contributed by atoms with Crippen LogP contribution in [0.25, 0.3) is 5.69 Å². The number of aromatic nitrogens is 3. The number of hydrogen-bond acceptors (Lipinski definition) is 6. The van der Waals surface area contributed by atoms with Gasteiger partial charge in [0.2, 0.25) is 0 Å². The van der Waals surface area contributed by atoms with Crippen LogP contribution < -0.4 is 10.8 Å². The zero-order valence-corrected chi connectivity index (χ0v) is 19.1. The molecule has 0 saturated carbocycles. The van der Waals surface area contributed by atoms with Gasteiger partial charge in [-0.2, -0.15) is 11.8 Å². The van der Waals surface area contributed by atoms with E-state index in [2.05, 4.69) is 20.5 Å². The predicted octanol–water partition coefficient (Wildman–Crippen LogP) is 3.77. The van der Waals surface area contributed by atoms with E-state index in [9.17, 15) is 31.5 Å². The molecule has 14 heteroatoms. The van der Waals surface area contributed by atoms with E-state index in [4.69, 9.17) is 0 Å². The third-order valence-electron chi connectivity index (χ3n) is 4.60. The largest absolute Gasteiger partial charge is 0.352 e. The highest BCUT2D eigenvalue weighted by Gasteiger charge is 2.27. The number of carbonyl (C=O) groups excluding carboxylic acids is 2. The summed E-state index contributed by atoms with van der Waals surface area (Å²) < 4.78 is 69.0. The number of carbonyl (C=O) groups is 2. The smallest absolute Gasteiger partial charge is 0.297 e. The molecule has 186 valence electrons. The fourth-order valence-corrected chi connectivity index (χ4v) is 3.47. The first-order valence-corrected chi connectivity index (χ1v) is 11.3. The van der Waals surface area contributed by atoms with Crippen molar-refractivity contribution in [2.45, 2.75) is 19.0 Å². The molecule has 0 fully saturated rings. The van der Waals surface area contributed by atoms with Crippen LogP contribution in [0.1, 0.15) is 45.4 Å². The molecular weight excluding hydrogens is 497 g/mol. The van der Waals surface area contributed by atoms with E-state index in [1.165, 1.54) is 16.4 Å². The number of nitrogens with zero attached hydrogens (tertiary/aromatic N) is 3. The second kappa shape index (κ2) is 11.3. The minimum Gasteiger partial charge on any atom is -0.352 e. The van der Waals surface area contributed by atoms with Crippen molar-refractivity contribution in [3.63, 3.8) is 0 Å². The highest BCUT2D eigenvalue weighted by Crippen LogP contribution is 2.27. The molecule has 1 atom stereocenters. The number of nitrogens with one attached hydrogen (secondary N) is 2. The van der Waals surface area contributed by atoms with E-state index >= 15 is 0 Å². The minimum absolute atomic E-state index is 0.0738. The maximum absolute atomic E-state index is 14.2. The van der Waals surface area contributed by atoms with Gasteiger partial charge in [0, 0.05) is 17.9 Å². The van der Waals surface area contributed by atoms with Gasteiger partial charge in [0.05, 0.1) is 16.9 Å². The Bertz CT molecular complexity index is 1240. The van der Waals surface area contributed by atoms with Crippen LogP contribution in [0.5, 0.6) is 0 Å². The summed E-state index contributed by atoms with van der Waals surface area (Å²) in [4.78, 5) is 28.9. The summed E-state index contributed by atoms with van der Waals surface area (Å²) in [6.45, 7) is 2.24. The van der Waals surface area contributed by atoms with Crippen molar-refractivity contribution in [2.24, 2.45) is 0 Å². The van der Waals surface area contributed by atoms with Crippen molar-refractivity contribution in [3.05, 3.63) is 76.1 Å². The normalized spacial score (nSPS) is 11.9. The van der Waals surface area contributed by atoms with Gasteiger partial charge in [0.15, 0.2) is 29.0 Å². The molecule has 0 radical (unpaired) electrons. The van der Waals surface area contributed by atoms with Gasteiger partial charge in [-0.05, 0) is 43.5 Å². The second-order valence-electron chi connectivity index (χ2n) is 6.89. The number of amides is 2. The molecule has 0 aliphatic rings. The van der Waals surface area contributed by atoms with Gasteiger partial charge >= 0.3 is 0 Å². The van der Waals surface area contributed by atoms with Crippen molar-refractivity contribution in [1.29, 1.82) is 0 Å². The lowest BCUT2D eigenvalue weighted by atomic mass is 10.2. The summed E-state index contributed by atoms with van der Waals surface area (Å²) >= 11 is 1.31. The van der Waals surface area contributed by atoms with Gasteiger partial charge in [0.25, 0.3) is 18.2 Å². The highest BCUT2D eigenvalue weighted by atomic mass is 32.2. The van der Waals surface area contributed by atoms with E-state index in [1.54, 1.807) is 42.9 Å². The lowest BCUT2D eigenvalue weighted by Crippen LogP contribution is -2.27. The molecule has 3 rings (SSSR count). The van der Waals surface area contributed by atoms with Crippen molar-refractivity contribution >= 4 is 23.6 Å². The van der Waals surface area contributed by atoms with Gasteiger partial charge in [-0.25, -0.2) is 37.0 Å². The first-order valence-electron chi connectivity index (χ1n) is 9.94. The second-order valence-corrected chi connectivity index (χ2v) is 7.76. The lowest BCUT2D eigenvalue weighted by molar-refractivity contribution is -0.0892. The summed E-state index contributed by atoms with van der Waals surface area (Å²) in [7, 11) is 0. The van der Waals surface area contributed by atoms with E-state index in [-0.39, 0.29) is 29.1 Å². The quantitative estimate of drug-likeness (QED) is 0.195. The molecule has 3 aromatic rings. The SMILES string of the molecule is CCNC(=O)c1ccc(-n2nnc(C(=O)NOC(F)c3cc(F)c(F)c(F)c3F)c2CSC)cc1. The van der Waals surface area contributed by atoms with E-state index in [0.717, 1.165) is 0 Å². The molecule has 8 nitrogen and oxygen atoms in total. The average molecular weight is 515 g/mol. The molecule has 2 N–H and O–H groups in total. The zero-order valence-electron chi connectivity index (χ0n) is 18.2. The van der Waals surface area contributed by atoms with Crippen LogP contribution in [0.2, 0.25) is 0 Å². The molecule has 1 heterocycles. The molecule has 0 aliphatic heterocycles. The minimum atomic E-state index is -2.86. The standard InChI is InChI=1S/C21H18F5N5O3S/c1-3-27-20(32)10-4-6-11(7-5-10)31-14(9-35-2)18(28-30-31)21(33)29-34-19(26)12-8-13(22)16(24)17(25)15(12)23/h4-8,19H,3,9H2,1-2H3,(H,27,32)(H,29,33). The molecular formula is C21H18F5N5O3S. The van der Waals surface area contributed by atoms with Gasteiger partial charge < -0.3 is 5.32 Å². The third kappa shape index (κ3) is 5.59. The van der Waals surface area contributed by atoms with Gasteiger partial charge in [-0.3, -0.25) is 9.59 Å². The van der Waals surface area contributed by atoms with Crippen LogP contribution in [0.15, 0.2) is 30.3 Å². The Morgan fingerprint density at radius 2 is 1.77 bits per heavy atom. The number of hydroxylamine groups is 1.